The van der Waals surface area contributed by atoms with Crippen LogP contribution in [0.1, 0.15) is 52.6 Å². The van der Waals surface area contributed by atoms with Crippen molar-refractivity contribution >= 4 is 10.8 Å². The minimum absolute atomic E-state index is 0.203. The van der Waals surface area contributed by atoms with Crippen molar-refractivity contribution in [2.75, 3.05) is 0 Å². The van der Waals surface area contributed by atoms with Crippen molar-refractivity contribution in [1.82, 2.24) is 9.97 Å². The lowest BCUT2D eigenvalue weighted by molar-refractivity contribution is 0.631. The maximum Gasteiger partial charge on any atom is 0.131 e. The molecule has 0 saturated carbocycles. The third-order valence-corrected chi connectivity index (χ3v) is 10.1. The standard InChI is InChI=1S/C47H43FN2/c1-31-27-42(38-16-12-17-40(29-38)47-41-18-9-8-13-35(41)22-24-50-47)33(3)25-36(31)14-6-5-7-15-37-26-34(4)43(28-32(37)2)44-30-39(20-21-45(44)48)46-19-10-11-23-49-46/h8-13,16-30H,5-7,14-15H2,1-4H3. The SMILES string of the molecule is Cc1cc(-c2cccc(-c3nccc4ccccc34)c2)c(C)cc1CCCCCc1cc(C)c(-c2cc(-c3ccccn3)ccc2F)cc1C. The molecule has 0 N–H and O–H groups in total. The third kappa shape index (κ3) is 7.00. The van der Waals surface area contributed by atoms with Crippen LogP contribution < -0.4 is 0 Å². The number of halogens is 1. The Hall–Kier alpha value is -5.41. The lowest BCUT2D eigenvalue weighted by atomic mass is 9.90. The van der Waals surface area contributed by atoms with E-state index in [0.29, 0.717) is 5.56 Å². The number of hydrogen-bond donors (Lipinski definition) is 0. The highest BCUT2D eigenvalue weighted by Crippen LogP contribution is 2.34. The molecule has 3 heteroatoms. The lowest BCUT2D eigenvalue weighted by Gasteiger charge is -2.15. The van der Waals surface area contributed by atoms with Gasteiger partial charge in [-0.3, -0.25) is 9.97 Å². The van der Waals surface area contributed by atoms with Gasteiger partial charge in [-0.05, 0) is 151 Å². The highest BCUT2D eigenvalue weighted by atomic mass is 19.1. The number of unbranched alkanes of at least 4 members (excludes halogenated alkanes) is 2. The molecular formula is C47H43FN2. The molecule has 50 heavy (non-hydrogen) atoms. The Morgan fingerprint density at radius 2 is 1.18 bits per heavy atom. The molecule has 0 aliphatic heterocycles. The van der Waals surface area contributed by atoms with E-state index < -0.39 is 0 Å². The van der Waals surface area contributed by atoms with E-state index >= 15 is 4.39 Å². The number of benzene rings is 5. The zero-order valence-corrected chi connectivity index (χ0v) is 29.4. The van der Waals surface area contributed by atoms with E-state index in [1.807, 2.05) is 30.5 Å². The van der Waals surface area contributed by atoms with Crippen LogP contribution in [0.4, 0.5) is 4.39 Å². The molecule has 2 heterocycles. The Morgan fingerprint density at radius 3 is 1.94 bits per heavy atom. The minimum atomic E-state index is -0.203. The molecule has 7 aromatic rings. The molecule has 0 fully saturated rings. The van der Waals surface area contributed by atoms with Gasteiger partial charge in [0.2, 0.25) is 0 Å². The number of aromatic nitrogens is 2. The fraction of sp³-hybridized carbons (Fsp3) is 0.191. The molecule has 2 nitrogen and oxygen atoms in total. The summed E-state index contributed by atoms with van der Waals surface area (Å²) >= 11 is 0. The molecule has 248 valence electrons. The monoisotopic (exact) mass is 654 g/mol. The van der Waals surface area contributed by atoms with Crippen molar-refractivity contribution < 1.29 is 4.39 Å². The van der Waals surface area contributed by atoms with Gasteiger partial charge in [-0.1, -0.05) is 79.2 Å². The van der Waals surface area contributed by atoms with Crippen LogP contribution in [0.3, 0.4) is 0 Å². The van der Waals surface area contributed by atoms with Crippen LogP contribution >= 0.6 is 0 Å². The fourth-order valence-electron chi connectivity index (χ4n) is 7.31. The van der Waals surface area contributed by atoms with E-state index in [4.69, 9.17) is 4.98 Å². The molecule has 7 rings (SSSR count). The van der Waals surface area contributed by atoms with E-state index in [0.717, 1.165) is 59.3 Å². The molecule has 2 aromatic heterocycles. The maximum atomic E-state index is 15.1. The van der Waals surface area contributed by atoms with Crippen LogP contribution in [0.15, 0.2) is 128 Å². The molecule has 0 aliphatic rings. The maximum absolute atomic E-state index is 15.1. The Balaban J connectivity index is 0.992. The van der Waals surface area contributed by atoms with E-state index in [1.165, 1.54) is 56.1 Å². The second-order valence-corrected chi connectivity index (χ2v) is 13.6. The number of aryl methyl sites for hydroxylation is 6. The van der Waals surface area contributed by atoms with Gasteiger partial charge in [0, 0.05) is 34.5 Å². The topological polar surface area (TPSA) is 25.8 Å². The van der Waals surface area contributed by atoms with Crippen molar-refractivity contribution in [2.24, 2.45) is 0 Å². The van der Waals surface area contributed by atoms with Crippen LogP contribution in [-0.2, 0) is 12.8 Å². The largest absolute Gasteiger partial charge is 0.256 e. The second-order valence-electron chi connectivity index (χ2n) is 13.6. The molecule has 5 aromatic carbocycles. The summed E-state index contributed by atoms with van der Waals surface area (Å²) < 4.78 is 15.1. The summed E-state index contributed by atoms with van der Waals surface area (Å²) in [5, 5.41) is 2.38. The number of hydrogen-bond acceptors (Lipinski definition) is 2. The van der Waals surface area contributed by atoms with Crippen molar-refractivity contribution in [3.05, 3.63) is 167 Å². The van der Waals surface area contributed by atoms with Gasteiger partial charge in [0.25, 0.3) is 0 Å². The van der Waals surface area contributed by atoms with Gasteiger partial charge in [-0.2, -0.15) is 0 Å². The van der Waals surface area contributed by atoms with E-state index in [-0.39, 0.29) is 5.82 Å². The predicted octanol–water partition coefficient (Wildman–Crippen LogP) is 12.6. The second kappa shape index (κ2) is 14.6. The average Bonchev–Trinajstić information content (AvgIpc) is 3.14. The smallest absolute Gasteiger partial charge is 0.131 e. The van der Waals surface area contributed by atoms with E-state index in [9.17, 15) is 0 Å². The predicted molar refractivity (Wildman–Crippen MR) is 208 cm³/mol. The summed E-state index contributed by atoms with van der Waals surface area (Å²) in [6.07, 6.45) is 9.24. The van der Waals surface area contributed by atoms with Crippen LogP contribution in [-0.4, -0.2) is 9.97 Å². The number of fused-ring (bicyclic) bond motifs is 1. The molecule has 0 radical (unpaired) electrons. The summed E-state index contributed by atoms with van der Waals surface area (Å²) in [4.78, 5) is 9.22. The first kappa shape index (κ1) is 33.1. The van der Waals surface area contributed by atoms with Gasteiger partial charge in [0.15, 0.2) is 0 Å². The highest BCUT2D eigenvalue weighted by molar-refractivity contribution is 5.95. The van der Waals surface area contributed by atoms with Crippen LogP contribution in [0, 0.1) is 33.5 Å². The van der Waals surface area contributed by atoms with Crippen molar-refractivity contribution in [2.45, 2.75) is 59.8 Å². The number of pyridine rings is 2. The minimum Gasteiger partial charge on any atom is -0.256 e. The van der Waals surface area contributed by atoms with Crippen LogP contribution in [0.5, 0.6) is 0 Å². The summed E-state index contributed by atoms with van der Waals surface area (Å²) in [7, 11) is 0. The van der Waals surface area contributed by atoms with Gasteiger partial charge in [0.1, 0.15) is 5.82 Å². The molecular weight excluding hydrogens is 612 g/mol. The van der Waals surface area contributed by atoms with Crippen LogP contribution in [0.2, 0.25) is 0 Å². The van der Waals surface area contributed by atoms with Gasteiger partial charge in [0.05, 0.1) is 11.4 Å². The van der Waals surface area contributed by atoms with Crippen LogP contribution in [0.25, 0.3) is 55.5 Å². The van der Waals surface area contributed by atoms with Gasteiger partial charge >= 0.3 is 0 Å². The summed E-state index contributed by atoms with van der Waals surface area (Å²) in [5.41, 5.74) is 15.8. The van der Waals surface area contributed by atoms with Crippen molar-refractivity contribution in [3.63, 3.8) is 0 Å². The first-order chi connectivity index (χ1) is 24.4. The van der Waals surface area contributed by atoms with E-state index in [1.54, 1.807) is 18.3 Å². The van der Waals surface area contributed by atoms with Crippen molar-refractivity contribution in [1.29, 1.82) is 0 Å². The molecule has 0 amide bonds. The van der Waals surface area contributed by atoms with Gasteiger partial charge < -0.3 is 0 Å². The zero-order chi connectivity index (χ0) is 34.6. The third-order valence-electron chi connectivity index (χ3n) is 10.1. The Bertz CT molecular complexity index is 2300. The fourth-order valence-corrected chi connectivity index (χ4v) is 7.31. The Kier molecular flexibility index (Phi) is 9.67. The number of rotatable bonds is 10. The van der Waals surface area contributed by atoms with Crippen molar-refractivity contribution in [3.8, 4) is 44.8 Å². The summed E-state index contributed by atoms with van der Waals surface area (Å²) in [5.74, 6) is -0.203. The summed E-state index contributed by atoms with van der Waals surface area (Å²) in [6, 6.07) is 39.6. The quantitative estimate of drug-likeness (QED) is 0.137. The molecule has 0 spiro atoms. The Morgan fingerprint density at radius 1 is 0.480 bits per heavy atom. The molecule has 0 saturated heterocycles. The lowest BCUT2D eigenvalue weighted by Crippen LogP contribution is -1.97. The van der Waals surface area contributed by atoms with E-state index in [2.05, 4.69) is 112 Å². The molecule has 0 bridgehead atoms. The summed E-state index contributed by atoms with van der Waals surface area (Å²) in [6.45, 7) is 8.73. The highest BCUT2D eigenvalue weighted by Gasteiger charge is 2.14. The Labute approximate surface area is 295 Å². The molecule has 0 aliphatic carbocycles. The number of nitrogens with zero attached hydrogens (tertiary/aromatic N) is 2. The molecule has 0 atom stereocenters. The average molecular weight is 655 g/mol. The first-order valence-electron chi connectivity index (χ1n) is 17.7. The molecule has 0 unspecified atom stereocenters. The zero-order valence-electron chi connectivity index (χ0n) is 29.4. The normalized spacial score (nSPS) is 11.3. The van der Waals surface area contributed by atoms with Gasteiger partial charge in [-0.15, -0.1) is 0 Å². The van der Waals surface area contributed by atoms with Gasteiger partial charge in [-0.25, -0.2) is 4.39 Å². The first-order valence-corrected chi connectivity index (χ1v) is 17.7.